The zero-order valence-electron chi connectivity index (χ0n) is 12.9. The van der Waals surface area contributed by atoms with Gasteiger partial charge in [0.05, 0.1) is 28.4 Å². The number of benzene rings is 1. The Morgan fingerprint density at radius 3 is 2.73 bits per heavy atom. The Balaban J connectivity index is 1.93. The Morgan fingerprint density at radius 1 is 1.36 bits per heavy atom. The van der Waals surface area contributed by atoms with Crippen molar-refractivity contribution < 1.29 is 13.2 Å². The molecule has 0 unspecified atom stereocenters. The van der Waals surface area contributed by atoms with Crippen molar-refractivity contribution in [2.45, 2.75) is 30.8 Å². The minimum atomic E-state index is -3.31. The molecule has 1 aromatic rings. The van der Waals surface area contributed by atoms with Crippen LogP contribution in [0.2, 0.25) is 0 Å². The summed E-state index contributed by atoms with van der Waals surface area (Å²) in [7, 11) is -3.31. The Labute approximate surface area is 132 Å². The van der Waals surface area contributed by atoms with Crippen molar-refractivity contribution in [2.24, 2.45) is 0 Å². The fraction of sp³-hybridized carbons (Fsp3) is 0.562. The van der Waals surface area contributed by atoms with Crippen LogP contribution < -0.4 is 0 Å². The monoisotopic (exact) mass is 322 g/mol. The van der Waals surface area contributed by atoms with Crippen molar-refractivity contribution in [3.8, 4) is 6.07 Å². The first kappa shape index (κ1) is 16.9. The Hall–Kier alpha value is -1.42. The number of likely N-dealkylation sites (tertiary alicyclic amines) is 1. The van der Waals surface area contributed by atoms with Gasteiger partial charge in [0.25, 0.3) is 0 Å². The molecule has 0 amide bonds. The predicted octanol–water partition coefficient (Wildman–Crippen LogP) is 1.83. The van der Waals surface area contributed by atoms with Gasteiger partial charge in [-0.3, -0.25) is 4.90 Å². The van der Waals surface area contributed by atoms with Gasteiger partial charge in [-0.1, -0.05) is 0 Å². The van der Waals surface area contributed by atoms with Gasteiger partial charge < -0.3 is 4.74 Å². The third kappa shape index (κ3) is 4.54. The molecule has 6 heteroatoms. The lowest BCUT2D eigenvalue weighted by Crippen LogP contribution is -2.41. The summed E-state index contributed by atoms with van der Waals surface area (Å²) in [5.41, 5.74) is 0.467. The van der Waals surface area contributed by atoms with E-state index in [1.807, 2.05) is 13.0 Å². The van der Waals surface area contributed by atoms with Crippen molar-refractivity contribution in [3.63, 3.8) is 0 Å². The second kappa shape index (κ2) is 7.73. The summed E-state index contributed by atoms with van der Waals surface area (Å²) in [6, 6.07) is 8.08. The van der Waals surface area contributed by atoms with E-state index in [4.69, 9.17) is 10.00 Å². The van der Waals surface area contributed by atoms with Crippen LogP contribution >= 0.6 is 0 Å². The van der Waals surface area contributed by atoms with Gasteiger partial charge in [-0.2, -0.15) is 5.26 Å². The van der Waals surface area contributed by atoms with E-state index in [1.54, 1.807) is 12.1 Å². The average Bonchev–Trinajstić information content (AvgIpc) is 2.54. The molecule has 1 fully saturated rings. The zero-order chi connectivity index (χ0) is 16.0. The van der Waals surface area contributed by atoms with Crippen molar-refractivity contribution in [2.75, 3.05) is 32.0 Å². The second-order valence-corrected chi connectivity index (χ2v) is 7.58. The third-order valence-electron chi connectivity index (χ3n) is 3.88. The molecular formula is C16H22N2O3S. The van der Waals surface area contributed by atoms with Gasteiger partial charge in [0.15, 0.2) is 9.84 Å². The second-order valence-electron chi connectivity index (χ2n) is 5.48. The average molecular weight is 322 g/mol. The number of ether oxygens (including phenoxy) is 1. The minimum absolute atomic E-state index is 0.0950. The summed E-state index contributed by atoms with van der Waals surface area (Å²) >= 11 is 0. The number of hydrogen-bond acceptors (Lipinski definition) is 5. The van der Waals surface area contributed by atoms with Crippen LogP contribution in [0.4, 0.5) is 0 Å². The molecule has 0 radical (unpaired) electrons. The van der Waals surface area contributed by atoms with E-state index >= 15 is 0 Å². The van der Waals surface area contributed by atoms with Crippen LogP contribution in [-0.2, 0) is 14.6 Å². The van der Waals surface area contributed by atoms with Crippen molar-refractivity contribution >= 4 is 9.84 Å². The van der Waals surface area contributed by atoms with Gasteiger partial charge >= 0.3 is 0 Å². The van der Waals surface area contributed by atoms with E-state index in [1.165, 1.54) is 12.1 Å². The molecule has 1 aromatic carbocycles. The molecule has 2 rings (SSSR count). The largest absolute Gasteiger partial charge is 0.377 e. The van der Waals surface area contributed by atoms with E-state index in [0.717, 1.165) is 25.9 Å². The molecule has 22 heavy (non-hydrogen) atoms. The molecule has 1 saturated heterocycles. The van der Waals surface area contributed by atoms with E-state index < -0.39 is 9.84 Å². The normalized spacial score (nSPS) is 19.7. The van der Waals surface area contributed by atoms with Gasteiger partial charge in [-0.05, 0) is 50.6 Å². The molecule has 120 valence electrons. The number of sulfone groups is 1. The highest BCUT2D eigenvalue weighted by Gasteiger charge is 2.22. The molecule has 5 nitrogen and oxygen atoms in total. The lowest BCUT2D eigenvalue weighted by Gasteiger charge is -2.32. The molecule has 1 atom stereocenters. The van der Waals surface area contributed by atoms with Crippen LogP contribution in [0.15, 0.2) is 29.2 Å². The molecule has 0 bridgehead atoms. The zero-order valence-corrected chi connectivity index (χ0v) is 13.7. The van der Waals surface area contributed by atoms with Crippen molar-refractivity contribution in [1.29, 1.82) is 5.26 Å². The van der Waals surface area contributed by atoms with E-state index in [0.29, 0.717) is 18.7 Å². The first-order valence-corrected chi connectivity index (χ1v) is 9.27. The van der Waals surface area contributed by atoms with Crippen LogP contribution in [0.5, 0.6) is 0 Å². The standard InChI is InChI=1S/C16H22N2O3S/c1-2-21-15-4-3-9-18(13-15)10-11-22(19,20)16-7-5-14(12-17)6-8-16/h5-8,15H,2-4,9-11,13H2,1H3/t15-/m1/s1. The smallest absolute Gasteiger partial charge is 0.179 e. The quantitative estimate of drug-likeness (QED) is 0.799. The lowest BCUT2D eigenvalue weighted by atomic mass is 10.1. The van der Waals surface area contributed by atoms with Crippen molar-refractivity contribution in [3.05, 3.63) is 29.8 Å². The van der Waals surface area contributed by atoms with Crippen LogP contribution in [0.3, 0.4) is 0 Å². The Kier molecular flexibility index (Phi) is 5.95. The van der Waals surface area contributed by atoms with Crippen molar-refractivity contribution in [1.82, 2.24) is 4.90 Å². The van der Waals surface area contributed by atoms with Crippen LogP contribution in [-0.4, -0.2) is 51.4 Å². The highest BCUT2D eigenvalue weighted by atomic mass is 32.2. The number of nitrogens with zero attached hydrogens (tertiary/aromatic N) is 2. The van der Waals surface area contributed by atoms with Gasteiger partial charge in [-0.25, -0.2) is 8.42 Å². The van der Waals surface area contributed by atoms with E-state index in [2.05, 4.69) is 4.90 Å². The lowest BCUT2D eigenvalue weighted by molar-refractivity contribution is 0.00770. The summed E-state index contributed by atoms with van der Waals surface area (Å²) in [5, 5.41) is 8.76. The molecule has 0 aliphatic carbocycles. The molecule has 1 heterocycles. The molecule has 0 saturated carbocycles. The first-order valence-electron chi connectivity index (χ1n) is 7.62. The molecule has 0 N–H and O–H groups in total. The molecule has 1 aliphatic heterocycles. The Bertz CT molecular complexity index is 618. The summed E-state index contributed by atoms with van der Waals surface area (Å²) in [6.07, 6.45) is 2.31. The third-order valence-corrected chi connectivity index (χ3v) is 5.59. The van der Waals surface area contributed by atoms with Crippen LogP contribution in [0.25, 0.3) is 0 Å². The number of hydrogen-bond donors (Lipinski definition) is 0. The maximum atomic E-state index is 12.3. The van der Waals surface area contributed by atoms with Gasteiger partial charge in [-0.15, -0.1) is 0 Å². The summed E-state index contributed by atoms with van der Waals surface area (Å²) in [6.45, 7) is 4.92. The molecular weight excluding hydrogens is 300 g/mol. The molecule has 0 aromatic heterocycles. The SMILES string of the molecule is CCO[C@@H]1CCCN(CCS(=O)(=O)c2ccc(C#N)cc2)C1. The number of rotatable bonds is 6. The van der Waals surface area contributed by atoms with E-state index in [-0.39, 0.29) is 16.8 Å². The highest BCUT2D eigenvalue weighted by Crippen LogP contribution is 2.16. The summed E-state index contributed by atoms with van der Waals surface area (Å²) < 4.78 is 30.3. The molecule has 0 spiro atoms. The fourth-order valence-electron chi connectivity index (χ4n) is 2.69. The van der Waals surface area contributed by atoms with E-state index in [9.17, 15) is 8.42 Å². The maximum absolute atomic E-state index is 12.3. The van der Waals surface area contributed by atoms with Gasteiger partial charge in [0.1, 0.15) is 0 Å². The topological polar surface area (TPSA) is 70.4 Å². The number of piperidine rings is 1. The van der Waals surface area contributed by atoms with Gasteiger partial charge in [0, 0.05) is 19.7 Å². The highest BCUT2D eigenvalue weighted by molar-refractivity contribution is 7.91. The minimum Gasteiger partial charge on any atom is -0.377 e. The fourth-order valence-corrected chi connectivity index (χ4v) is 3.98. The Morgan fingerprint density at radius 2 is 2.09 bits per heavy atom. The van der Waals surface area contributed by atoms with Crippen LogP contribution in [0.1, 0.15) is 25.3 Å². The van der Waals surface area contributed by atoms with Gasteiger partial charge in [0.2, 0.25) is 0 Å². The summed E-state index contributed by atoms with van der Waals surface area (Å²) in [4.78, 5) is 2.44. The first-order chi connectivity index (χ1) is 10.5. The van der Waals surface area contributed by atoms with Crippen LogP contribution in [0, 0.1) is 11.3 Å². The maximum Gasteiger partial charge on any atom is 0.179 e. The predicted molar refractivity (Wildman–Crippen MR) is 84.3 cm³/mol. The summed E-state index contributed by atoms with van der Waals surface area (Å²) in [5.74, 6) is 0.0950. The number of nitriles is 1. The molecule has 1 aliphatic rings.